The second-order valence-electron chi connectivity index (χ2n) is 4.20. The molecule has 0 heteroatoms. The van der Waals surface area contributed by atoms with Crippen LogP contribution in [0.25, 0.3) is 6.08 Å². The van der Waals surface area contributed by atoms with Gasteiger partial charge in [0, 0.05) is 0 Å². The molecular weight excluding hydrogens is 168 g/mol. The Hall–Kier alpha value is -1.04. The van der Waals surface area contributed by atoms with Crippen LogP contribution in [0.2, 0.25) is 0 Å². The van der Waals surface area contributed by atoms with Gasteiger partial charge in [-0.05, 0) is 23.0 Å². The van der Waals surface area contributed by atoms with Crippen molar-refractivity contribution in [2.24, 2.45) is 5.41 Å². The highest BCUT2D eigenvalue weighted by atomic mass is 14.2. The first-order chi connectivity index (χ1) is 5.67. The Morgan fingerprint density at radius 2 is 1.71 bits per heavy atom. The minimum Gasteiger partial charge on any atom is -0.0779 e. The molecule has 0 spiro atoms. The van der Waals surface area contributed by atoms with E-state index in [0.29, 0.717) is 5.41 Å². The molecule has 0 heterocycles. The number of benzene rings is 1. The van der Waals surface area contributed by atoms with Crippen LogP contribution >= 0.6 is 0 Å². The van der Waals surface area contributed by atoms with Crippen LogP contribution in [0.1, 0.15) is 39.8 Å². The molecule has 14 heavy (non-hydrogen) atoms. The largest absolute Gasteiger partial charge is 0.0779 e. The topological polar surface area (TPSA) is 0 Å². The molecule has 0 N–H and O–H groups in total. The summed E-state index contributed by atoms with van der Waals surface area (Å²) >= 11 is 0. The third kappa shape index (κ3) is 2.47. The van der Waals surface area contributed by atoms with Crippen LogP contribution in [-0.4, -0.2) is 0 Å². The van der Waals surface area contributed by atoms with Crippen molar-refractivity contribution in [3.05, 3.63) is 41.5 Å². The summed E-state index contributed by atoms with van der Waals surface area (Å²) in [5.74, 6) is 0. The Kier molecular flexibility index (Phi) is 4.12. The molecule has 1 aliphatic rings. The molecule has 2 rings (SSSR count). The SMILES string of the molecule is C.C.CC1(C)C=Cc2ccccc2C1. The predicted molar refractivity (Wildman–Crippen MR) is 66.4 cm³/mol. The van der Waals surface area contributed by atoms with Crippen molar-refractivity contribution >= 4 is 6.08 Å². The van der Waals surface area contributed by atoms with Gasteiger partial charge >= 0.3 is 0 Å². The van der Waals surface area contributed by atoms with Gasteiger partial charge in [-0.15, -0.1) is 0 Å². The molecule has 0 amide bonds. The van der Waals surface area contributed by atoms with Crippen molar-refractivity contribution in [3.8, 4) is 0 Å². The number of rotatable bonds is 0. The van der Waals surface area contributed by atoms with Crippen LogP contribution in [-0.2, 0) is 6.42 Å². The van der Waals surface area contributed by atoms with E-state index < -0.39 is 0 Å². The fourth-order valence-corrected chi connectivity index (χ4v) is 1.72. The van der Waals surface area contributed by atoms with Crippen LogP contribution in [0.15, 0.2) is 30.3 Å². The minimum absolute atomic E-state index is 0. The van der Waals surface area contributed by atoms with Gasteiger partial charge in [0.15, 0.2) is 0 Å². The number of allylic oxidation sites excluding steroid dienone is 1. The van der Waals surface area contributed by atoms with Crippen molar-refractivity contribution in [1.82, 2.24) is 0 Å². The average molecular weight is 190 g/mol. The van der Waals surface area contributed by atoms with Crippen LogP contribution in [0.3, 0.4) is 0 Å². The molecule has 1 aromatic rings. The molecule has 0 radical (unpaired) electrons. The molecule has 0 unspecified atom stereocenters. The fourth-order valence-electron chi connectivity index (χ4n) is 1.72. The summed E-state index contributed by atoms with van der Waals surface area (Å²) in [7, 11) is 0. The maximum absolute atomic E-state index is 2.30. The highest BCUT2D eigenvalue weighted by molar-refractivity contribution is 5.57. The van der Waals surface area contributed by atoms with Crippen LogP contribution in [0, 0.1) is 5.41 Å². The van der Waals surface area contributed by atoms with Crippen LogP contribution in [0.4, 0.5) is 0 Å². The summed E-state index contributed by atoms with van der Waals surface area (Å²) in [6.45, 7) is 4.55. The third-order valence-electron chi connectivity index (χ3n) is 2.42. The molecule has 1 aliphatic carbocycles. The highest BCUT2D eigenvalue weighted by Crippen LogP contribution is 2.31. The molecule has 0 fully saturated rings. The molecule has 78 valence electrons. The van der Waals surface area contributed by atoms with Gasteiger partial charge in [0.2, 0.25) is 0 Å². The first-order valence-electron chi connectivity index (χ1n) is 4.45. The van der Waals surface area contributed by atoms with Crippen molar-refractivity contribution in [1.29, 1.82) is 0 Å². The molecule has 0 bridgehead atoms. The van der Waals surface area contributed by atoms with Gasteiger partial charge in [0.1, 0.15) is 0 Å². The number of hydrogen-bond donors (Lipinski definition) is 0. The lowest BCUT2D eigenvalue weighted by molar-refractivity contribution is 0.475. The average Bonchev–Trinajstić information content (AvgIpc) is 2.02. The zero-order valence-corrected chi connectivity index (χ0v) is 7.67. The summed E-state index contributed by atoms with van der Waals surface area (Å²) in [6, 6.07) is 8.62. The summed E-state index contributed by atoms with van der Waals surface area (Å²) in [5.41, 5.74) is 3.20. The van der Waals surface area contributed by atoms with Gasteiger partial charge in [-0.25, -0.2) is 0 Å². The monoisotopic (exact) mass is 190 g/mol. The zero-order chi connectivity index (χ0) is 8.60. The Balaban J connectivity index is 0.000000845. The smallest absolute Gasteiger partial charge is 0.0131 e. The van der Waals surface area contributed by atoms with Crippen molar-refractivity contribution in [3.63, 3.8) is 0 Å². The molecule has 1 aromatic carbocycles. The van der Waals surface area contributed by atoms with Crippen molar-refractivity contribution in [2.45, 2.75) is 35.1 Å². The maximum atomic E-state index is 2.30. The minimum atomic E-state index is 0. The Morgan fingerprint density at radius 1 is 1.07 bits per heavy atom. The van der Waals surface area contributed by atoms with Crippen LogP contribution in [0.5, 0.6) is 0 Å². The molecule has 0 aliphatic heterocycles. The summed E-state index contributed by atoms with van der Waals surface area (Å²) in [5, 5.41) is 0. The van der Waals surface area contributed by atoms with E-state index in [0.717, 1.165) is 0 Å². The predicted octanol–water partition coefficient (Wildman–Crippen LogP) is 4.55. The van der Waals surface area contributed by atoms with E-state index in [4.69, 9.17) is 0 Å². The summed E-state index contributed by atoms with van der Waals surface area (Å²) in [4.78, 5) is 0. The first kappa shape index (κ1) is 13.0. The van der Waals surface area contributed by atoms with Gasteiger partial charge in [-0.1, -0.05) is 65.1 Å². The summed E-state index contributed by atoms with van der Waals surface area (Å²) in [6.07, 6.45) is 5.70. The molecule has 0 saturated carbocycles. The molecule has 0 saturated heterocycles. The van der Waals surface area contributed by atoms with Crippen molar-refractivity contribution < 1.29 is 0 Å². The maximum Gasteiger partial charge on any atom is -0.0131 e. The molecular formula is C14H22. The number of fused-ring (bicyclic) bond motifs is 1. The molecule has 0 atom stereocenters. The second-order valence-corrected chi connectivity index (χ2v) is 4.20. The Labute approximate surface area is 88.7 Å². The van der Waals surface area contributed by atoms with Gasteiger partial charge in [0.05, 0.1) is 0 Å². The Bertz CT molecular complexity index is 319. The molecule has 0 nitrogen and oxygen atoms in total. The third-order valence-corrected chi connectivity index (χ3v) is 2.42. The van der Waals surface area contributed by atoms with Gasteiger partial charge in [-0.3, -0.25) is 0 Å². The van der Waals surface area contributed by atoms with Crippen LogP contribution < -0.4 is 0 Å². The van der Waals surface area contributed by atoms with E-state index >= 15 is 0 Å². The van der Waals surface area contributed by atoms with Gasteiger partial charge < -0.3 is 0 Å². The lowest BCUT2D eigenvalue weighted by Crippen LogP contribution is -2.15. The molecule has 0 aromatic heterocycles. The van der Waals surface area contributed by atoms with E-state index in [9.17, 15) is 0 Å². The van der Waals surface area contributed by atoms with E-state index in [1.807, 2.05) is 0 Å². The van der Waals surface area contributed by atoms with Gasteiger partial charge in [-0.2, -0.15) is 0 Å². The van der Waals surface area contributed by atoms with E-state index in [2.05, 4.69) is 50.3 Å². The first-order valence-corrected chi connectivity index (χ1v) is 4.45. The quantitative estimate of drug-likeness (QED) is 0.563. The standard InChI is InChI=1S/C12H14.2CH4/c1-12(2)8-7-10-5-3-4-6-11(10)9-12;;/h3-8H,9H2,1-2H3;2*1H4. The van der Waals surface area contributed by atoms with E-state index in [-0.39, 0.29) is 14.9 Å². The second kappa shape index (κ2) is 4.45. The summed E-state index contributed by atoms with van der Waals surface area (Å²) < 4.78 is 0. The van der Waals surface area contributed by atoms with E-state index in [1.165, 1.54) is 17.5 Å². The van der Waals surface area contributed by atoms with E-state index in [1.54, 1.807) is 0 Å². The lowest BCUT2D eigenvalue weighted by Gasteiger charge is -2.25. The normalized spacial score (nSPS) is 16.1. The van der Waals surface area contributed by atoms with Gasteiger partial charge in [0.25, 0.3) is 0 Å². The zero-order valence-electron chi connectivity index (χ0n) is 7.67. The van der Waals surface area contributed by atoms with Crippen molar-refractivity contribution in [2.75, 3.05) is 0 Å². The lowest BCUT2D eigenvalue weighted by atomic mass is 9.80. The Morgan fingerprint density at radius 3 is 2.43 bits per heavy atom. The fraction of sp³-hybridized carbons (Fsp3) is 0.429. The highest BCUT2D eigenvalue weighted by Gasteiger charge is 2.19. The number of hydrogen-bond acceptors (Lipinski definition) is 0.